The molecule has 0 fully saturated rings. The van der Waals surface area contributed by atoms with E-state index in [0.29, 0.717) is 66.0 Å². The first-order chi connectivity index (χ1) is 30.6. The molecule has 380 valence electrons. The summed E-state index contributed by atoms with van der Waals surface area (Å²) >= 11 is 9.68. The molecule has 65 heavy (non-hydrogen) atoms. The van der Waals surface area contributed by atoms with Crippen LogP contribution in [0.2, 0.25) is 0 Å². The summed E-state index contributed by atoms with van der Waals surface area (Å²) in [6, 6.07) is 0. The van der Waals surface area contributed by atoms with Crippen LogP contribution in [0, 0.1) is 10.8 Å². The van der Waals surface area contributed by atoms with Gasteiger partial charge >= 0.3 is 35.8 Å². The van der Waals surface area contributed by atoms with Crippen molar-refractivity contribution < 1.29 is 61.9 Å². The lowest BCUT2D eigenvalue weighted by atomic mass is 9.90. The number of rotatable bonds is 40. The lowest BCUT2D eigenvalue weighted by Gasteiger charge is -2.35. The van der Waals surface area contributed by atoms with Crippen LogP contribution in [0.3, 0.4) is 0 Å². The topological polar surface area (TPSA) is 167 Å². The normalized spacial score (nSPS) is 12.1. The second kappa shape index (κ2) is 37.7. The van der Waals surface area contributed by atoms with Crippen LogP contribution in [0.1, 0.15) is 122 Å². The smallest absolute Gasteiger partial charge is 0.306 e. The summed E-state index contributed by atoms with van der Waals surface area (Å²) in [4.78, 5) is 78.8. The summed E-state index contributed by atoms with van der Waals surface area (Å²) in [6.45, 7) is 22.0. The van der Waals surface area contributed by atoms with Crippen LogP contribution < -0.4 is 0 Å². The van der Waals surface area contributed by atoms with Crippen molar-refractivity contribution in [2.24, 2.45) is 10.8 Å². The highest BCUT2D eigenvalue weighted by atomic mass is 32.2. The first-order valence-corrected chi connectivity index (χ1v) is 29.1. The number of hydrogen-bond acceptors (Lipinski definition) is 19. The number of carbonyl (C=O) groups is 6. The van der Waals surface area contributed by atoms with Gasteiger partial charge in [0.2, 0.25) is 0 Å². The summed E-state index contributed by atoms with van der Waals surface area (Å²) in [5.41, 5.74) is -2.76. The molecule has 0 bridgehead atoms. The Labute approximate surface area is 417 Å². The van der Waals surface area contributed by atoms with Gasteiger partial charge in [0.15, 0.2) is 0 Å². The predicted octanol–water partition coefficient (Wildman–Crippen LogP) is 9.43. The van der Waals surface area contributed by atoms with Gasteiger partial charge in [0, 0.05) is 34.5 Å². The van der Waals surface area contributed by atoms with Crippen LogP contribution in [-0.4, -0.2) is 155 Å². The Morgan fingerprint density at radius 1 is 0.292 bits per heavy atom. The number of ether oxygens (including phenoxy) is 7. The zero-order chi connectivity index (χ0) is 49.3. The fourth-order valence-corrected chi connectivity index (χ4v) is 9.62. The van der Waals surface area contributed by atoms with E-state index in [0.717, 1.165) is 0 Å². The average Bonchev–Trinajstić information content (AvgIpc) is 3.20. The molecule has 13 nitrogen and oxygen atoms in total. The zero-order valence-corrected chi connectivity index (χ0v) is 46.3. The Morgan fingerprint density at radius 2 is 0.446 bits per heavy atom. The molecule has 0 spiro atoms. The summed E-state index contributed by atoms with van der Waals surface area (Å²) in [6.07, 6.45) is 0.776. The quantitative estimate of drug-likeness (QED) is 0.0420. The molecule has 0 aromatic rings. The van der Waals surface area contributed by atoms with Crippen molar-refractivity contribution in [2.45, 2.75) is 153 Å². The summed E-state index contributed by atoms with van der Waals surface area (Å²) in [7, 11) is 0. The first kappa shape index (κ1) is 63.9. The van der Waals surface area contributed by atoms with E-state index in [4.69, 9.17) is 33.2 Å². The maximum atomic E-state index is 13.1. The molecule has 0 aliphatic carbocycles. The van der Waals surface area contributed by atoms with E-state index in [1.54, 1.807) is 70.6 Å². The van der Waals surface area contributed by atoms with E-state index in [2.05, 4.69) is 0 Å². The van der Waals surface area contributed by atoms with E-state index < -0.39 is 46.6 Å². The Kier molecular flexibility index (Phi) is 37.1. The Morgan fingerprint density at radius 3 is 0.585 bits per heavy atom. The molecule has 0 saturated carbocycles. The Balaban J connectivity index is 6.97. The maximum Gasteiger partial charge on any atom is 0.306 e. The number of carbonyl (C=O) groups excluding carboxylic acids is 6. The second-order valence-corrected chi connectivity index (χ2v) is 27.6. The average molecular weight is 1040 g/mol. The molecule has 0 aromatic heterocycles. The Hall–Kier alpha value is -1.12. The second-order valence-electron chi connectivity index (χ2n) is 17.5. The fourth-order valence-electron chi connectivity index (χ4n) is 5.09. The molecule has 0 N–H and O–H groups in total. The van der Waals surface area contributed by atoms with Crippen molar-refractivity contribution in [3.05, 3.63) is 0 Å². The fraction of sp³-hybridized carbons (Fsp3) is 0.870. The largest absolute Gasteiger partial charge is 0.465 e. The van der Waals surface area contributed by atoms with Crippen molar-refractivity contribution in [3.63, 3.8) is 0 Å². The van der Waals surface area contributed by atoms with E-state index in [9.17, 15) is 28.8 Å². The SMILES string of the molecule is CC(C)SCCC(=O)OCC(COCC(COC(=O)CCSC(C)C)(COC(=O)CCSC(C)C)COC(=O)CCSC(C)C)(COC(=O)CCSC(C)C)COC(=O)CCSC(C)C. The van der Waals surface area contributed by atoms with Crippen molar-refractivity contribution in [1.82, 2.24) is 0 Å². The van der Waals surface area contributed by atoms with E-state index in [1.165, 1.54) is 0 Å². The third-order valence-corrected chi connectivity index (χ3v) is 15.2. The molecule has 0 saturated heterocycles. The molecule has 0 aliphatic heterocycles. The monoisotopic (exact) mass is 1030 g/mol. The van der Waals surface area contributed by atoms with Gasteiger partial charge in [0.1, 0.15) is 39.6 Å². The Bertz CT molecular complexity index is 1100. The lowest BCUT2D eigenvalue weighted by Crippen LogP contribution is -2.47. The molecular weight excluding hydrogens is 953 g/mol. The first-order valence-electron chi connectivity index (χ1n) is 22.8. The minimum atomic E-state index is -1.38. The zero-order valence-electron chi connectivity index (χ0n) is 41.4. The predicted molar refractivity (Wildman–Crippen MR) is 275 cm³/mol. The molecular formula is C46H82O13S6. The summed E-state index contributed by atoms with van der Waals surface area (Å²) < 4.78 is 41.4. The van der Waals surface area contributed by atoms with Crippen LogP contribution in [0.4, 0.5) is 0 Å². The molecule has 0 radical (unpaired) electrons. The number of thioether (sulfide) groups is 6. The molecule has 0 rings (SSSR count). The minimum Gasteiger partial charge on any atom is -0.465 e. The highest BCUT2D eigenvalue weighted by Crippen LogP contribution is 2.28. The van der Waals surface area contributed by atoms with Gasteiger partial charge in [-0.25, -0.2) is 0 Å². The van der Waals surface area contributed by atoms with Gasteiger partial charge in [-0.05, 0) is 31.5 Å². The maximum absolute atomic E-state index is 13.1. The van der Waals surface area contributed by atoms with Gasteiger partial charge in [-0.2, -0.15) is 70.6 Å². The highest BCUT2D eigenvalue weighted by Gasteiger charge is 2.41. The van der Waals surface area contributed by atoms with Crippen LogP contribution in [-0.2, 0) is 61.9 Å². The minimum absolute atomic E-state index is 0.129. The van der Waals surface area contributed by atoms with Gasteiger partial charge < -0.3 is 33.2 Å². The van der Waals surface area contributed by atoms with E-state index in [-0.39, 0.29) is 91.4 Å². The van der Waals surface area contributed by atoms with Gasteiger partial charge in [0.25, 0.3) is 0 Å². The van der Waals surface area contributed by atoms with Gasteiger partial charge in [-0.1, -0.05) is 83.1 Å². The summed E-state index contributed by atoms with van der Waals surface area (Å²) in [5.74, 6) is 0.308. The third-order valence-electron chi connectivity index (χ3n) is 8.60. The molecule has 0 amide bonds. The van der Waals surface area contributed by atoms with E-state index in [1.807, 2.05) is 83.1 Å². The van der Waals surface area contributed by atoms with Crippen LogP contribution in [0.15, 0.2) is 0 Å². The van der Waals surface area contributed by atoms with Crippen molar-refractivity contribution in [3.8, 4) is 0 Å². The number of esters is 6. The molecule has 0 aromatic carbocycles. The van der Waals surface area contributed by atoms with Crippen LogP contribution >= 0.6 is 70.6 Å². The van der Waals surface area contributed by atoms with Crippen LogP contribution in [0.25, 0.3) is 0 Å². The number of hydrogen-bond donors (Lipinski definition) is 0. The van der Waals surface area contributed by atoms with Crippen molar-refractivity contribution >= 4 is 106 Å². The van der Waals surface area contributed by atoms with Gasteiger partial charge in [0.05, 0.1) is 62.6 Å². The standard InChI is InChI=1S/C46H82O13S6/c1-33(2)60-19-13-39(47)54-27-45(28-55-40(48)14-20-61-34(3)4,29-56-41(49)15-21-62-35(5)6)25-53-26-46(30-57-42(50)16-22-63-36(7)8,31-58-43(51)17-23-64-37(9)10)32-59-44(52)18-24-65-38(11)12/h33-38H,13-32H2,1-12H3. The summed E-state index contributed by atoms with van der Waals surface area (Å²) in [5, 5.41) is 1.87. The highest BCUT2D eigenvalue weighted by molar-refractivity contribution is 8.00. The van der Waals surface area contributed by atoms with Gasteiger partial charge in [-0.15, -0.1) is 0 Å². The molecule has 0 atom stereocenters. The molecule has 0 heterocycles. The van der Waals surface area contributed by atoms with Crippen molar-refractivity contribution in [2.75, 3.05) is 87.4 Å². The van der Waals surface area contributed by atoms with E-state index >= 15 is 0 Å². The van der Waals surface area contributed by atoms with Crippen molar-refractivity contribution in [1.29, 1.82) is 0 Å². The molecule has 0 unspecified atom stereocenters. The molecule has 19 heteroatoms. The van der Waals surface area contributed by atoms with Crippen LogP contribution in [0.5, 0.6) is 0 Å². The van der Waals surface area contributed by atoms with Gasteiger partial charge in [-0.3, -0.25) is 28.8 Å². The third kappa shape index (κ3) is 37.5. The lowest BCUT2D eigenvalue weighted by molar-refractivity contribution is -0.174. The molecule has 0 aliphatic rings.